The molecule has 0 saturated carbocycles. The van der Waals surface area contributed by atoms with E-state index in [9.17, 15) is 9.50 Å². The number of rotatable bonds is 2. The molecule has 1 N–H and O–H groups in total. The van der Waals surface area contributed by atoms with Crippen molar-refractivity contribution in [1.29, 1.82) is 0 Å². The minimum Gasteiger partial charge on any atom is -0.379 e. The molecular weight excluding hydrogens is 289 g/mol. The quantitative estimate of drug-likeness (QED) is 0.922. The molecule has 0 spiro atoms. The van der Waals surface area contributed by atoms with Crippen molar-refractivity contribution in [3.63, 3.8) is 0 Å². The fraction of sp³-hybridized carbons (Fsp3) is 0.273. The van der Waals surface area contributed by atoms with Crippen molar-refractivity contribution >= 4 is 15.9 Å². The van der Waals surface area contributed by atoms with Crippen molar-refractivity contribution in [1.82, 2.24) is 15.0 Å². The summed E-state index contributed by atoms with van der Waals surface area (Å²) in [6, 6.07) is 5.69. The van der Waals surface area contributed by atoms with Crippen LogP contribution >= 0.6 is 15.9 Å². The number of hydrogen-bond donors (Lipinski definition) is 1. The summed E-state index contributed by atoms with van der Waals surface area (Å²) < 4.78 is 14.8. The molecule has 6 heteroatoms. The van der Waals surface area contributed by atoms with Crippen molar-refractivity contribution in [2.75, 3.05) is 0 Å². The van der Waals surface area contributed by atoms with Gasteiger partial charge in [-0.2, -0.15) is 0 Å². The van der Waals surface area contributed by atoms with Crippen molar-refractivity contribution in [2.45, 2.75) is 12.5 Å². The average Bonchev–Trinajstić information content (AvgIpc) is 2.59. The number of hydrogen-bond acceptors (Lipinski definition) is 3. The summed E-state index contributed by atoms with van der Waals surface area (Å²) in [6.45, 7) is 1.61. The Labute approximate surface area is 106 Å². The summed E-state index contributed by atoms with van der Waals surface area (Å²) in [5, 5.41) is 18.2. The molecule has 0 radical (unpaired) electrons. The van der Waals surface area contributed by atoms with Crippen molar-refractivity contribution in [3.8, 4) is 0 Å². The summed E-state index contributed by atoms with van der Waals surface area (Å²) in [7, 11) is 1.69. The van der Waals surface area contributed by atoms with Crippen LogP contribution in [0.2, 0.25) is 0 Å². The molecule has 17 heavy (non-hydrogen) atoms. The molecule has 2 aromatic rings. The lowest BCUT2D eigenvalue weighted by atomic mass is 9.93. The third-order valence-electron chi connectivity index (χ3n) is 2.65. The lowest BCUT2D eigenvalue weighted by Gasteiger charge is -2.23. The number of benzene rings is 1. The highest BCUT2D eigenvalue weighted by atomic mass is 79.9. The SMILES string of the molecule is Cn1nnc(Br)c1C(C)(O)c1ccc(F)cc1. The van der Waals surface area contributed by atoms with Crippen LogP contribution in [-0.4, -0.2) is 20.1 Å². The second-order valence-electron chi connectivity index (χ2n) is 3.93. The molecule has 1 atom stereocenters. The highest BCUT2D eigenvalue weighted by Gasteiger charge is 2.32. The van der Waals surface area contributed by atoms with Gasteiger partial charge in [0, 0.05) is 7.05 Å². The van der Waals surface area contributed by atoms with Crippen molar-refractivity contribution < 1.29 is 9.50 Å². The molecule has 1 heterocycles. The molecule has 0 aliphatic carbocycles. The summed E-state index contributed by atoms with van der Waals surface area (Å²) >= 11 is 3.24. The Bertz CT molecular complexity index is 517. The van der Waals surface area contributed by atoms with Gasteiger partial charge in [-0.25, -0.2) is 9.07 Å². The highest BCUT2D eigenvalue weighted by Crippen LogP contribution is 2.32. The summed E-state index contributed by atoms with van der Waals surface area (Å²) in [5.41, 5.74) is -0.195. The normalized spacial score (nSPS) is 14.6. The van der Waals surface area contributed by atoms with Gasteiger partial charge in [0.25, 0.3) is 0 Å². The zero-order chi connectivity index (χ0) is 12.6. The van der Waals surface area contributed by atoms with Crippen molar-refractivity contribution in [3.05, 3.63) is 45.9 Å². The van der Waals surface area contributed by atoms with Crippen LogP contribution in [0.3, 0.4) is 0 Å². The van der Waals surface area contributed by atoms with Crippen LogP contribution in [0.25, 0.3) is 0 Å². The van der Waals surface area contributed by atoms with Gasteiger partial charge in [0.05, 0.1) is 0 Å². The highest BCUT2D eigenvalue weighted by molar-refractivity contribution is 9.10. The largest absolute Gasteiger partial charge is 0.379 e. The lowest BCUT2D eigenvalue weighted by molar-refractivity contribution is 0.0920. The molecule has 0 bridgehead atoms. The molecule has 0 fully saturated rings. The predicted octanol–water partition coefficient (Wildman–Crippen LogP) is 1.97. The number of aromatic nitrogens is 3. The van der Waals surface area contributed by atoms with Crippen LogP contribution in [-0.2, 0) is 12.6 Å². The number of halogens is 2. The van der Waals surface area contributed by atoms with E-state index in [4.69, 9.17) is 0 Å². The molecule has 0 saturated heterocycles. The van der Waals surface area contributed by atoms with Gasteiger partial charge in [-0.15, -0.1) is 5.10 Å². The number of nitrogens with zero attached hydrogens (tertiary/aromatic N) is 3. The molecule has 90 valence electrons. The van der Waals surface area contributed by atoms with Crippen LogP contribution < -0.4 is 0 Å². The smallest absolute Gasteiger partial charge is 0.154 e. The first-order chi connectivity index (χ1) is 7.93. The molecule has 2 rings (SSSR count). The van der Waals surface area contributed by atoms with Gasteiger partial charge in [0.2, 0.25) is 0 Å². The van der Waals surface area contributed by atoms with E-state index in [1.165, 1.54) is 28.9 Å². The van der Waals surface area contributed by atoms with Gasteiger partial charge in [0.1, 0.15) is 17.1 Å². The predicted molar refractivity (Wildman–Crippen MR) is 63.8 cm³/mol. The summed E-state index contributed by atoms with van der Waals surface area (Å²) in [5.74, 6) is -0.341. The van der Waals surface area contributed by atoms with Gasteiger partial charge in [-0.05, 0) is 40.5 Å². The van der Waals surface area contributed by atoms with E-state index in [0.717, 1.165) is 0 Å². The van der Waals surface area contributed by atoms with Crippen LogP contribution in [0.4, 0.5) is 4.39 Å². The van der Waals surface area contributed by atoms with E-state index in [1.54, 1.807) is 14.0 Å². The average molecular weight is 300 g/mol. The first-order valence-electron chi connectivity index (χ1n) is 4.97. The first kappa shape index (κ1) is 12.2. The van der Waals surface area contributed by atoms with Gasteiger partial charge in [0.15, 0.2) is 4.60 Å². The van der Waals surface area contributed by atoms with E-state index < -0.39 is 5.60 Å². The van der Waals surface area contributed by atoms with Crippen LogP contribution in [0, 0.1) is 5.82 Å². The first-order valence-corrected chi connectivity index (χ1v) is 5.76. The van der Waals surface area contributed by atoms with Crippen LogP contribution in [0.1, 0.15) is 18.2 Å². The van der Waals surface area contributed by atoms with E-state index >= 15 is 0 Å². The van der Waals surface area contributed by atoms with E-state index in [2.05, 4.69) is 26.2 Å². The monoisotopic (exact) mass is 299 g/mol. The second-order valence-corrected chi connectivity index (χ2v) is 4.68. The maximum Gasteiger partial charge on any atom is 0.154 e. The number of aliphatic hydroxyl groups is 1. The minimum atomic E-state index is -1.29. The molecule has 0 aliphatic heterocycles. The Morgan fingerprint density at radius 2 is 1.94 bits per heavy atom. The fourth-order valence-electron chi connectivity index (χ4n) is 1.76. The van der Waals surface area contributed by atoms with E-state index in [0.29, 0.717) is 15.9 Å². The molecule has 0 amide bonds. The Morgan fingerprint density at radius 1 is 1.35 bits per heavy atom. The zero-order valence-corrected chi connectivity index (χ0v) is 10.9. The molecule has 1 unspecified atom stereocenters. The molecular formula is C11H11BrFN3O. The molecule has 0 aliphatic rings. The summed E-state index contributed by atoms with van der Waals surface area (Å²) in [4.78, 5) is 0. The second kappa shape index (κ2) is 4.19. The maximum atomic E-state index is 12.9. The Kier molecular flexibility index (Phi) is 3.01. The zero-order valence-electron chi connectivity index (χ0n) is 9.35. The minimum absolute atomic E-state index is 0.341. The van der Waals surface area contributed by atoms with Gasteiger partial charge < -0.3 is 5.11 Å². The number of aryl methyl sites for hydroxylation is 1. The van der Waals surface area contributed by atoms with Gasteiger partial charge in [-0.3, -0.25) is 0 Å². The van der Waals surface area contributed by atoms with Gasteiger partial charge in [-0.1, -0.05) is 17.3 Å². The standard InChI is InChI=1S/C11H11BrFN3O/c1-11(17,7-3-5-8(13)6-4-7)9-10(12)14-15-16(9)2/h3-6,17H,1-2H3. The molecule has 4 nitrogen and oxygen atoms in total. The molecule has 1 aromatic carbocycles. The topological polar surface area (TPSA) is 50.9 Å². The van der Waals surface area contributed by atoms with Crippen LogP contribution in [0.15, 0.2) is 28.9 Å². The molecule has 1 aromatic heterocycles. The van der Waals surface area contributed by atoms with Crippen molar-refractivity contribution in [2.24, 2.45) is 7.05 Å². The third-order valence-corrected chi connectivity index (χ3v) is 3.19. The van der Waals surface area contributed by atoms with Crippen LogP contribution in [0.5, 0.6) is 0 Å². The fourth-order valence-corrected chi connectivity index (χ4v) is 2.47. The lowest BCUT2D eigenvalue weighted by Crippen LogP contribution is -2.26. The third kappa shape index (κ3) is 2.10. The maximum absolute atomic E-state index is 12.9. The Hall–Kier alpha value is -1.27. The summed E-state index contributed by atoms with van der Waals surface area (Å²) in [6.07, 6.45) is 0. The Balaban J connectivity index is 2.53. The van der Waals surface area contributed by atoms with E-state index in [-0.39, 0.29) is 5.82 Å². The van der Waals surface area contributed by atoms with E-state index in [1.807, 2.05) is 0 Å². The Morgan fingerprint density at radius 3 is 2.41 bits per heavy atom. The van der Waals surface area contributed by atoms with Gasteiger partial charge >= 0.3 is 0 Å².